The Kier molecular flexibility index (Phi) is 3.95. The summed E-state index contributed by atoms with van der Waals surface area (Å²) >= 11 is 0. The molecule has 19 heavy (non-hydrogen) atoms. The molecular formula is C16H19NO2. The van der Waals surface area contributed by atoms with Crippen LogP contribution in [0.15, 0.2) is 42.5 Å². The van der Waals surface area contributed by atoms with Crippen molar-refractivity contribution >= 4 is 5.69 Å². The predicted molar refractivity (Wildman–Crippen MR) is 78.0 cm³/mol. The molecule has 2 N–H and O–H groups in total. The van der Waals surface area contributed by atoms with Gasteiger partial charge in [-0.15, -0.1) is 0 Å². The molecule has 2 aromatic carbocycles. The summed E-state index contributed by atoms with van der Waals surface area (Å²) in [6, 6.07) is 13.4. The molecule has 3 nitrogen and oxygen atoms in total. The van der Waals surface area contributed by atoms with Crippen LogP contribution in [0.3, 0.4) is 0 Å². The summed E-state index contributed by atoms with van der Waals surface area (Å²) in [5.41, 5.74) is 7.67. The number of ether oxygens (including phenoxy) is 2. The summed E-state index contributed by atoms with van der Waals surface area (Å²) in [4.78, 5) is 0. The molecule has 0 amide bonds. The van der Waals surface area contributed by atoms with Gasteiger partial charge in [0.15, 0.2) is 0 Å². The van der Waals surface area contributed by atoms with E-state index >= 15 is 0 Å². The number of benzene rings is 2. The molecule has 0 atom stereocenters. The molecular weight excluding hydrogens is 238 g/mol. The van der Waals surface area contributed by atoms with Gasteiger partial charge in [-0.1, -0.05) is 26.0 Å². The van der Waals surface area contributed by atoms with Gasteiger partial charge in [-0.2, -0.15) is 0 Å². The lowest BCUT2D eigenvalue weighted by atomic mass is 10.0. The van der Waals surface area contributed by atoms with Gasteiger partial charge in [0, 0.05) is 23.9 Å². The fourth-order valence-corrected chi connectivity index (χ4v) is 1.84. The second-order valence-corrected chi connectivity index (χ2v) is 4.77. The van der Waals surface area contributed by atoms with Gasteiger partial charge in [0.05, 0.1) is 7.11 Å². The van der Waals surface area contributed by atoms with Gasteiger partial charge in [0.2, 0.25) is 0 Å². The summed E-state index contributed by atoms with van der Waals surface area (Å²) in [7, 11) is 1.61. The Hall–Kier alpha value is -2.16. The molecule has 0 aliphatic carbocycles. The number of nitrogen functional groups attached to an aromatic ring is 1. The van der Waals surface area contributed by atoms with Crippen molar-refractivity contribution in [3.8, 4) is 17.2 Å². The SMILES string of the molecule is COc1cc(N)cc(Oc2cccc(C(C)C)c2)c1. The first kappa shape index (κ1) is 13.3. The van der Waals surface area contributed by atoms with Crippen molar-refractivity contribution in [2.24, 2.45) is 0 Å². The van der Waals surface area contributed by atoms with Crippen LogP contribution in [0.5, 0.6) is 17.2 Å². The molecule has 0 aromatic heterocycles. The third-order valence-corrected chi connectivity index (χ3v) is 2.90. The largest absolute Gasteiger partial charge is 0.497 e. The second kappa shape index (κ2) is 5.65. The smallest absolute Gasteiger partial charge is 0.133 e. The zero-order chi connectivity index (χ0) is 13.8. The van der Waals surface area contributed by atoms with Gasteiger partial charge < -0.3 is 15.2 Å². The molecule has 0 spiro atoms. The number of hydrogen-bond acceptors (Lipinski definition) is 3. The van der Waals surface area contributed by atoms with E-state index in [0.717, 1.165) is 5.75 Å². The van der Waals surface area contributed by atoms with Crippen molar-refractivity contribution in [2.75, 3.05) is 12.8 Å². The minimum atomic E-state index is 0.471. The van der Waals surface area contributed by atoms with Crippen molar-refractivity contribution in [1.82, 2.24) is 0 Å². The molecule has 0 aliphatic rings. The van der Waals surface area contributed by atoms with Gasteiger partial charge in [-0.25, -0.2) is 0 Å². The monoisotopic (exact) mass is 257 g/mol. The number of methoxy groups -OCH3 is 1. The summed E-state index contributed by atoms with van der Waals surface area (Å²) in [5.74, 6) is 2.64. The first-order valence-electron chi connectivity index (χ1n) is 6.31. The molecule has 100 valence electrons. The molecule has 0 fully saturated rings. The van der Waals surface area contributed by atoms with Crippen LogP contribution in [-0.4, -0.2) is 7.11 Å². The van der Waals surface area contributed by atoms with Crippen LogP contribution in [-0.2, 0) is 0 Å². The van der Waals surface area contributed by atoms with Crippen molar-refractivity contribution in [2.45, 2.75) is 19.8 Å². The van der Waals surface area contributed by atoms with Crippen LogP contribution >= 0.6 is 0 Å². The van der Waals surface area contributed by atoms with E-state index in [0.29, 0.717) is 23.1 Å². The van der Waals surface area contributed by atoms with E-state index in [1.165, 1.54) is 5.56 Å². The van der Waals surface area contributed by atoms with Gasteiger partial charge in [-0.05, 0) is 23.6 Å². The van der Waals surface area contributed by atoms with E-state index in [1.54, 1.807) is 19.2 Å². The maximum absolute atomic E-state index is 5.83. The Labute approximate surface area is 114 Å². The summed E-state index contributed by atoms with van der Waals surface area (Å²) < 4.78 is 11.0. The fourth-order valence-electron chi connectivity index (χ4n) is 1.84. The molecule has 3 heteroatoms. The van der Waals surface area contributed by atoms with Crippen LogP contribution in [0.4, 0.5) is 5.69 Å². The topological polar surface area (TPSA) is 44.5 Å². The van der Waals surface area contributed by atoms with Gasteiger partial charge in [-0.3, -0.25) is 0 Å². The molecule has 0 unspecified atom stereocenters. The van der Waals surface area contributed by atoms with E-state index in [9.17, 15) is 0 Å². The lowest BCUT2D eigenvalue weighted by molar-refractivity contribution is 0.409. The summed E-state index contributed by atoms with van der Waals surface area (Å²) in [5, 5.41) is 0. The Bertz CT molecular complexity index is 564. The molecule has 0 bridgehead atoms. The first-order valence-corrected chi connectivity index (χ1v) is 6.31. The lowest BCUT2D eigenvalue weighted by Gasteiger charge is -2.11. The third-order valence-electron chi connectivity index (χ3n) is 2.90. The maximum Gasteiger partial charge on any atom is 0.133 e. The van der Waals surface area contributed by atoms with Crippen molar-refractivity contribution in [3.05, 3.63) is 48.0 Å². The van der Waals surface area contributed by atoms with E-state index < -0.39 is 0 Å². The quantitative estimate of drug-likeness (QED) is 0.835. The minimum Gasteiger partial charge on any atom is -0.497 e. The molecule has 0 aliphatic heterocycles. The van der Waals surface area contributed by atoms with Crippen LogP contribution in [0.25, 0.3) is 0 Å². The zero-order valence-electron chi connectivity index (χ0n) is 11.5. The Morgan fingerprint density at radius 2 is 1.68 bits per heavy atom. The number of nitrogens with two attached hydrogens (primary N) is 1. The minimum absolute atomic E-state index is 0.471. The normalized spacial score (nSPS) is 10.5. The third kappa shape index (κ3) is 3.41. The lowest BCUT2D eigenvalue weighted by Crippen LogP contribution is -1.92. The molecule has 0 saturated heterocycles. The van der Waals surface area contributed by atoms with Crippen LogP contribution < -0.4 is 15.2 Å². The van der Waals surface area contributed by atoms with Crippen LogP contribution in [0.1, 0.15) is 25.3 Å². The van der Waals surface area contributed by atoms with E-state index in [1.807, 2.05) is 24.3 Å². The summed E-state index contributed by atoms with van der Waals surface area (Å²) in [6.07, 6.45) is 0. The van der Waals surface area contributed by atoms with E-state index in [-0.39, 0.29) is 0 Å². The van der Waals surface area contributed by atoms with Crippen LogP contribution in [0.2, 0.25) is 0 Å². The highest BCUT2D eigenvalue weighted by Gasteiger charge is 2.04. The highest BCUT2D eigenvalue weighted by atomic mass is 16.5. The van der Waals surface area contributed by atoms with E-state index in [4.69, 9.17) is 15.2 Å². The van der Waals surface area contributed by atoms with Gasteiger partial charge >= 0.3 is 0 Å². The second-order valence-electron chi connectivity index (χ2n) is 4.77. The average molecular weight is 257 g/mol. The van der Waals surface area contributed by atoms with Crippen molar-refractivity contribution < 1.29 is 9.47 Å². The standard InChI is InChI=1S/C16H19NO2/c1-11(2)12-5-4-6-14(7-12)19-16-9-13(17)8-15(10-16)18-3/h4-11H,17H2,1-3H3. The Balaban J connectivity index is 2.25. The van der Waals surface area contributed by atoms with Crippen molar-refractivity contribution in [1.29, 1.82) is 0 Å². The fraction of sp³-hybridized carbons (Fsp3) is 0.250. The van der Waals surface area contributed by atoms with Crippen molar-refractivity contribution in [3.63, 3.8) is 0 Å². The highest BCUT2D eigenvalue weighted by Crippen LogP contribution is 2.29. The first-order chi connectivity index (χ1) is 9.08. The molecule has 0 radical (unpaired) electrons. The van der Waals surface area contributed by atoms with E-state index in [2.05, 4.69) is 19.9 Å². The zero-order valence-corrected chi connectivity index (χ0v) is 11.5. The van der Waals surface area contributed by atoms with Gasteiger partial charge in [0.25, 0.3) is 0 Å². The highest BCUT2D eigenvalue weighted by molar-refractivity contribution is 5.51. The Morgan fingerprint density at radius 3 is 2.37 bits per heavy atom. The molecule has 0 saturated carbocycles. The average Bonchev–Trinajstić information content (AvgIpc) is 2.38. The van der Waals surface area contributed by atoms with Crippen LogP contribution in [0, 0.1) is 0 Å². The molecule has 0 heterocycles. The molecule has 2 rings (SSSR count). The number of rotatable bonds is 4. The number of hydrogen-bond donors (Lipinski definition) is 1. The Morgan fingerprint density at radius 1 is 0.947 bits per heavy atom. The number of anilines is 1. The van der Waals surface area contributed by atoms with Gasteiger partial charge in [0.1, 0.15) is 17.2 Å². The molecule has 2 aromatic rings. The summed E-state index contributed by atoms with van der Waals surface area (Å²) in [6.45, 7) is 4.31. The maximum atomic E-state index is 5.83. The predicted octanol–water partition coefficient (Wildman–Crippen LogP) is 4.19.